The maximum Gasteiger partial charge on any atom is 0.475 e. The Morgan fingerprint density at radius 3 is 2.79 bits per heavy atom. The molecule has 2 aliphatic rings. The smallest absolute Gasteiger partial charge is 0.475 e. The van der Waals surface area contributed by atoms with Crippen LogP contribution in [0.3, 0.4) is 0 Å². The second-order valence-corrected chi connectivity index (χ2v) is 10.5. The van der Waals surface area contributed by atoms with Crippen molar-refractivity contribution in [2.45, 2.75) is 58.3 Å². The second kappa shape index (κ2) is 11.4. The Kier molecular flexibility index (Phi) is 8.37. The zero-order valence-electron chi connectivity index (χ0n) is 21.6. The van der Waals surface area contributed by atoms with E-state index in [0.29, 0.717) is 17.8 Å². The van der Waals surface area contributed by atoms with Crippen LogP contribution < -0.4 is 15.8 Å². The van der Waals surface area contributed by atoms with E-state index >= 15 is 0 Å². The van der Waals surface area contributed by atoms with Crippen LogP contribution in [0.15, 0.2) is 6.33 Å². The minimum atomic E-state index is -4.15. The Labute approximate surface area is 218 Å². The standard InChI is InChI=1S/C21H31N6O10P/c1-6-32-17-14-16(25-20(22)26-17)27(9-23-14)18-11(4)15-13(36-18)8-34-38(30,37-15)33-7-12(24-21(29)31-5)19(28)35-10(2)3/h9-13,15,18H,6-8H2,1-5H3,(H,24,29)(H2,22,25,26)/t11-,12-,13+,15-,18+,38-/m0/s1. The van der Waals surface area contributed by atoms with Gasteiger partial charge in [-0.3, -0.25) is 18.1 Å². The zero-order chi connectivity index (χ0) is 27.6. The zero-order valence-corrected chi connectivity index (χ0v) is 22.5. The van der Waals surface area contributed by atoms with Gasteiger partial charge in [0.05, 0.1) is 39.4 Å². The number of methoxy groups -OCH3 is 1. The molecule has 2 aromatic rings. The van der Waals surface area contributed by atoms with E-state index in [9.17, 15) is 14.2 Å². The number of phosphoric acid groups is 1. The lowest BCUT2D eigenvalue weighted by Crippen LogP contribution is -2.46. The third-order valence-electron chi connectivity index (χ3n) is 5.77. The van der Waals surface area contributed by atoms with Gasteiger partial charge in [-0.25, -0.2) is 19.1 Å². The number of nitrogens with two attached hydrogens (primary N) is 1. The first-order chi connectivity index (χ1) is 18.0. The molecule has 0 bridgehead atoms. The quantitative estimate of drug-likeness (QED) is 0.332. The summed E-state index contributed by atoms with van der Waals surface area (Å²) in [5, 5.41) is 2.28. The molecule has 0 radical (unpaired) electrons. The van der Waals surface area contributed by atoms with Gasteiger partial charge in [-0.2, -0.15) is 9.97 Å². The topological polar surface area (TPSA) is 197 Å². The van der Waals surface area contributed by atoms with Gasteiger partial charge in [0.15, 0.2) is 17.2 Å². The first-order valence-electron chi connectivity index (χ1n) is 12.0. The lowest BCUT2D eigenvalue weighted by atomic mass is 10.0. The number of amides is 1. The van der Waals surface area contributed by atoms with Crippen LogP contribution in [-0.2, 0) is 37.1 Å². The van der Waals surface area contributed by atoms with Crippen LogP contribution in [0.5, 0.6) is 5.88 Å². The van der Waals surface area contributed by atoms with Crippen molar-refractivity contribution in [3.63, 3.8) is 0 Å². The van der Waals surface area contributed by atoms with Crippen molar-refractivity contribution >= 4 is 37.0 Å². The summed E-state index contributed by atoms with van der Waals surface area (Å²) in [6.07, 6.45) is -1.73. The molecule has 0 aliphatic carbocycles. The highest BCUT2D eigenvalue weighted by Gasteiger charge is 2.52. The molecule has 210 valence electrons. The summed E-state index contributed by atoms with van der Waals surface area (Å²) in [4.78, 5) is 36.8. The molecule has 17 heteroatoms. The van der Waals surface area contributed by atoms with Crippen molar-refractivity contribution in [1.82, 2.24) is 24.8 Å². The van der Waals surface area contributed by atoms with Gasteiger partial charge < -0.3 is 30.0 Å². The van der Waals surface area contributed by atoms with E-state index in [1.807, 2.05) is 13.8 Å². The highest BCUT2D eigenvalue weighted by atomic mass is 31.2. The molecule has 16 nitrogen and oxygen atoms in total. The Hall–Kier alpha value is -3.04. The number of alkyl carbamates (subject to hydrolysis) is 1. The Morgan fingerprint density at radius 1 is 1.34 bits per heavy atom. The van der Waals surface area contributed by atoms with E-state index in [1.165, 1.54) is 6.33 Å². The largest absolute Gasteiger partial charge is 0.476 e. The number of imidazole rings is 1. The molecule has 0 aromatic carbocycles. The number of ether oxygens (including phenoxy) is 4. The number of fused-ring (bicyclic) bond motifs is 2. The minimum Gasteiger partial charge on any atom is -0.476 e. The fraction of sp³-hybridized carbons (Fsp3) is 0.667. The Balaban J connectivity index is 1.48. The van der Waals surface area contributed by atoms with Crippen molar-refractivity contribution in [3.8, 4) is 5.88 Å². The van der Waals surface area contributed by atoms with Gasteiger partial charge in [0, 0.05) is 5.92 Å². The summed E-state index contributed by atoms with van der Waals surface area (Å²) >= 11 is 0. The van der Waals surface area contributed by atoms with Crippen LogP contribution in [0.2, 0.25) is 0 Å². The lowest BCUT2D eigenvalue weighted by molar-refractivity contribution is -0.150. The summed E-state index contributed by atoms with van der Waals surface area (Å²) in [5.41, 5.74) is 6.68. The van der Waals surface area contributed by atoms with Gasteiger partial charge >= 0.3 is 19.9 Å². The maximum atomic E-state index is 13.3. The van der Waals surface area contributed by atoms with Gasteiger partial charge in [0.1, 0.15) is 18.4 Å². The molecule has 6 atom stereocenters. The second-order valence-electron chi connectivity index (χ2n) is 8.85. The number of phosphoric ester groups is 1. The first-order valence-corrected chi connectivity index (χ1v) is 13.4. The molecule has 0 spiro atoms. The average molecular weight is 558 g/mol. The number of nitrogens with one attached hydrogen (secondary N) is 1. The van der Waals surface area contributed by atoms with Crippen molar-refractivity contribution in [1.29, 1.82) is 0 Å². The molecule has 4 rings (SSSR count). The van der Waals surface area contributed by atoms with E-state index in [2.05, 4.69) is 25.0 Å². The number of hydrogen-bond acceptors (Lipinski definition) is 14. The SMILES string of the molecule is CCOc1nc(N)nc2c1ncn2[C@@H]1O[C@@H]2CO[P@](=O)(OC[C@H](NC(=O)OC)C(=O)OC(C)C)O[C@H]2[C@@H]1C. The highest BCUT2D eigenvalue weighted by molar-refractivity contribution is 7.48. The fourth-order valence-corrected chi connectivity index (χ4v) is 5.57. The molecular formula is C21H31N6O10P. The normalized spacial score (nSPS) is 27.6. The molecule has 2 fully saturated rings. The van der Waals surface area contributed by atoms with Crippen LogP contribution in [0.1, 0.15) is 33.9 Å². The van der Waals surface area contributed by atoms with Gasteiger partial charge in [-0.05, 0) is 20.8 Å². The molecule has 2 aromatic heterocycles. The minimum absolute atomic E-state index is 0.00867. The number of hydrogen-bond donors (Lipinski definition) is 2. The molecule has 1 amide bonds. The van der Waals surface area contributed by atoms with Gasteiger partial charge in [-0.1, -0.05) is 6.92 Å². The summed E-state index contributed by atoms with van der Waals surface area (Å²) in [7, 11) is -3.01. The van der Waals surface area contributed by atoms with Gasteiger partial charge in [-0.15, -0.1) is 0 Å². The van der Waals surface area contributed by atoms with Crippen LogP contribution >= 0.6 is 7.82 Å². The van der Waals surface area contributed by atoms with E-state index in [4.69, 9.17) is 33.5 Å². The molecule has 38 heavy (non-hydrogen) atoms. The number of anilines is 1. The molecule has 2 saturated heterocycles. The Bertz CT molecular complexity index is 1220. The Morgan fingerprint density at radius 2 is 2.11 bits per heavy atom. The highest BCUT2D eigenvalue weighted by Crippen LogP contribution is 2.58. The van der Waals surface area contributed by atoms with E-state index in [-0.39, 0.29) is 24.4 Å². The predicted octanol–water partition coefficient (Wildman–Crippen LogP) is 1.56. The van der Waals surface area contributed by atoms with E-state index in [1.54, 1.807) is 18.4 Å². The van der Waals surface area contributed by atoms with Crippen LogP contribution in [0.4, 0.5) is 10.7 Å². The summed E-state index contributed by atoms with van der Waals surface area (Å²) < 4.78 is 52.9. The number of carbonyl (C=O) groups is 2. The van der Waals surface area contributed by atoms with Crippen LogP contribution in [-0.4, -0.2) is 82.9 Å². The molecule has 3 N–H and O–H groups in total. The molecule has 0 saturated carbocycles. The lowest BCUT2D eigenvalue weighted by Gasteiger charge is -2.32. The number of nitrogens with zero attached hydrogens (tertiary/aromatic N) is 4. The molecule has 2 aliphatic heterocycles. The number of esters is 1. The number of nitrogen functional groups attached to an aromatic ring is 1. The van der Waals surface area contributed by atoms with Crippen LogP contribution in [0, 0.1) is 5.92 Å². The number of carbonyl (C=O) groups excluding carboxylic acids is 2. The van der Waals surface area contributed by atoms with Crippen molar-refractivity contribution in [2.24, 2.45) is 5.92 Å². The van der Waals surface area contributed by atoms with Crippen molar-refractivity contribution in [2.75, 3.05) is 32.7 Å². The van der Waals surface area contributed by atoms with Crippen molar-refractivity contribution in [3.05, 3.63) is 6.33 Å². The molecular weight excluding hydrogens is 527 g/mol. The molecule has 4 heterocycles. The predicted molar refractivity (Wildman–Crippen MR) is 129 cm³/mol. The number of aromatic nitrogens is 4. The summed E-state index contributed by atoms with van der Waals surface area (Å²) in [6.45, 7) is 6.65. The van der Waals surface area contributed by atoms with E-state index < -0.39 is 57.1 Å². The summed E-state index contributed by atoms with van der Waals surface area (Å²) in [5.74, 6) is -0.904. The molecule has 0 unspecified atom stereocenters. The third kappa shape index (κ3) is 5.83. The van der Waals surface area contributed by atoms with Gasteiger partial charge in [0.2, 0.25) is 11.8 Å². The van der Waals surface area contributed by atoms with Crippen LogP contribution in [0.25, 0.3) is 11.2 Å². The van der Waals surface area contributed by atoms with E-state index in [0.717, 1.165) is 7.11 Å². The van der Waals surface area contributed by atoms with Crippen molar-refractivity contribution < 1.29 is 46.7 Å². The average Bonchev–Trinajstić information content (AvgIpc) is 3.41. The number of rotatable bonds is 9. The third-order valence-corrected chi connectivity index (χ3v) is 7.20. The fourth-order valence-electron chi connectivity index (χ4n) is 4.09. The maximum absolute atomic E-state index is 13.3. The monoisotopic (exact) mass is 558 g/mol. The first kappa shape index (κ1) is 28.0. The van der Waals surface area contributed by atoms with Gasteiger partial charge in [0.25, 0.3) is 0 Å². The summed E-state index contributed by atoms with van der Waals surface area (Å²) in [6, 6.07) is -1.31.